The first-order chi connectivity index (χ1) is 8.77. The monoisotopic (exact) mass is 250 g/mol. The second-order valence-electron chi connectivity index (χ2n) is 4.80. The molecule has 0 saturated carbocycles. The summed E-state index contributed by atoms with van der Waals surface area (Å²) >= 11 is 0. The van der Waals surface area contributed by atoms with Crippen molar-refractivity contribution >= 4 is 0 Å². The van der Waals surface area contributed by atoms with Crippen LogP contribution in [0.5, 0.6) is 11.5 Å². The van der Waals surface area contributed by atoms with E-state index in [2.05, 4.69) is 13.8 Å². The maximum Gasteiger partial charge on any atom is 0.122 e. The lowest BCUT2D eigenvalue weighted by Crippen LogP contribution is -1.95. The van der Waals surface area contributed by atoms with Crippen molar-refractivity contribution in [1.29, 1.82) is 0 Å². The Hall–Kier alpha value is -1.18. The van der Waals surface area contributed by atoms with Gasteiger partial charge in [0.15, 0.2) is 0 Å². The Bertz CT molecular complexity index is 334. The fourth-order valence-electron chi connectivity index (χ4n) is 1.98. The molecule has 0 aromatic heterocycles. The molecule has 0 spiro atoms. The maximum absolute atomic E-state index is 9.91. The van der Waals surface area contributed by atoms with Gasteiger partial charge in [0.1, 0.15) is 11.5 Å². The third kappa shape index (κ3) is 5.44. The second kappa shape index (κ2) is 8.84. The predicted octanol–water partition coefficient (Wildman–Crippen LogP) is 4.69. The fraction of sp³-hybridized carbons (Fsp3) is 0.625. The molecule has 0 heterocycles. The standard InChI is InChI=1S/C16H26O2/c1-3-5-6-7-8-9-14-10-11-15(13-16(14)17)18-12-4-2/h10-11,13,17H,3-9,12H2,1-2H3. The molecule has 0 saturated heterocycles. The summed E-state index contributed by atoms with van der Waals surface area (Å²) in [7, 11) is 0. The van der Waals surface area contributed by atoms with Gasteiger partial charge in [-0.05, 0) is 30.9 Å². The number of benzene rings is 1. The van der Waals surface area contributed by atoms with E-state index in [1.807, 2.05) is 12.1 Å². The summed E-state index contributed by atoms with van der Waals surface area (Å²) in [6, 6.07) is 5.67. The summed E-state index contributed by atoms with van der Waals surface area (Å²) in [6.07, 6.45) is 8.24. The quantitative estimate of drug-likeness (QED) is 0.644. The average molecular weight is 250 g/mol. The van der Waals surface area contributed by atoms with Crippen molar-refractivity contribution < 1.29 is 9.84 Å². The number of phenols is 1. The molecule has 0 aliphatic heterocycles. The second-order valence-corrected chi connectivity index (χ2v) is 4.80. The highest BCUT2D eigenvalue weighted by molar-refractivity contribution is 5.39. The Morgan fingerprint density at radius 3 is 2.44 bits per heavy atom. The van der Waals surface area contributed by atoms with Crippen LogP contribution in [-0.2, 0) is 6.42 Å². The molecule has 0 atom stereocenters. The average Bonchev–Trinajstić information content (AvgIpc) is 2.38. The Morgan fingerprint density at radius 1 is 1.00 bits per heavy atom. The number of aromatic hydroxyl groups is 1. The van der Waals surface area contributed by atoms with E-state index in [9.17, 15) is 5.11 Å². The molecule has 2 nitrogen and oxygen atoms in total. The van der Waals surface area contributed by atoms with E-state index in [1.165, 1.54) is 25.7 Å². The van der Waals surface area contributed by atoms with Crippen LogP contribution in [0.15, 0.2) is 18.2 Å². The molecule has 2 heteroatoms. The molecule has 102 valence electrons. The van der Waals surface area contributed by atoms with Gasteiger partial charge in [-0.3, -0.25) is 0 Å². The van der Waals surface area contributed by atoms with Crippen molar-refractivity contribution in [3.05, 3.63) is 23.8 Å². The normalized spacial score (nSPS) is 10.6. The van der Waals surface area contributed by atoms with Gasteiger partial charge >= 0.3 is 0 Å². The lowest BCUT2D eigenvalue weighted by Gasteiger charge is -2.08. The minimum Gasteiger partial charge on any atom is -0.508 e. The number of hydrogen-bond acceptors (Lipinski definition) is 2. The summed E-state index contributed by atoms with van der Waals surface area (Å²) in [5.74, 6) is 1.14. The van der Waals surface area contributed by atoms with Crippen LogP contribution in [0.3, 0.4) is 0 Å². The van der Waals surface area contributed by atoms with Crippen LogP contribution >= 0.6 is 0 Å². The first kappa shape index (κ1) is 14.9. The summed E-state index contributed by atoms with van der Waals surface area (Å²) in [6.45, 7) is 5.00. The van der Waals surface area contributed by atoms with Crippen LogP contribution in [0.25, 0.3) is 0 Å². The van der Waals surface area contributed by atoms with Gasteiger partial charge in [-0.2, -0.15) is 0 Å². The van der Waals surface area contributed by atoms with Gasteiger partial charge in [-0.15, -0.1) is 0 Å². The Morgan fingerprint density at radius 2 is 1.78 bits per heavy atom. The molecule has 0 unspecified atom stereocenters. The van der Waals surface area contributed by atoms with Crippen LogP contribution < -0.4 is 4.74 Å². The molecule has 0 bridgehead atoms. The topological polar surface area (TPSA) is 29.5 Å². The van der Waals surface area contributed by atoms with Gasteiger partial charge in [-0.1, -0.05) is 45.6 Å². The maximum atomic E-state index is 9.91. The number of phenolic OH excluding ortho intramolecular Hbond substituents is 1. The van der Waals surface area contributed by atoms with Gasteiger partial charge in [0.05, 0.1) is 6.61 Å². The summed E-state index contributed by atoms with van der Waals surface area (Å²) in [5.41, 5.74) is 1.04. The van der Waals surface area contributed by atoms with E-state index < -0.39 is 0 Å². The van der Waals surface area contributed by atoms with Gasteiger partial charge in [0.25, 0.3) is 0 Å². The molecule has 0 aliphatic carbocycles. The highest BCUT2D eigenvalue weighted by Gasteiger charge is 2.03. The van der Waals surface area contributed by atoms with Crippen molar-refractivity contribution in [3.63, 3.8) is 0 Å². The highest BCUT2D eigenvalue weighted by Crippen LogP contribution is 2.25. The van der Waals surface area contributed by atoms with E-state index in [0.717, 1.165) is 30.6 Å². The predicted molar refractivity (Wildman–Crippen MR) is 76.4 cm³/mol. The van der Waals surface area contributed by atoms with Crippen molar-refractivity contribution in [2.45, 2.75) is 58.8 Å². The fourth-order valence-corrected chi connectivity index (χ4v) is 1.98. The van der Waals surface area contributed by atoms with Crippen molar-refractivity contribution in [3.8, 4) is 11.5 Å². The number of hydrogen-bond donors (Lipinski definition) is 1. The molecule has 0 fully saturated rings. The molecule has 1 aromatic rings. The highest BCUT2D eigenvalue weighted by atomic mass is 16.5. The van der Waals surface area contributed by atoms with Crippen molar-refractivity contribution in [2.75, 3.05) is 6.61 Å². The molecule has 0 aliphatic rings. The Balaban J connectivity index is 2.37. The SMILES string of the molecule is CCCCCCCc1ccc(OCCC)cc1O. The van der Waals surface area contributed by atoms with E-state index in [4.69, 9.17) is 4.74 Å². The molecule has 18 heavy (non-hydrogen) atoms. The lowest BCUT2D eigenvalue weighted by molar-refractivity contribution is 0.315. The third-order valence-corrected chi connectivity index (χ3v) is 3.08. The first-order valence-corrected chi connectivity index (χ1v) is 7.22. The molecular weight excluding hydrogens is 224 g/mol. The number of rotatable bonds is 9. The Kier molecular flexibility index (Phi) is 7.31. The van der Waals surface area contributed by atoms with Gasteiger partial charge in [0, 0.05) is 6.07 Å². The van der Waals surface area contributed by atoms with Gasteiger partial charge in [-0.25, -0.2) is 0 Å². The van der Waals surface area contributed by atoms with Gasteiger partial charge < -0.3 is 9.84 Å². The Labute approximate surface area is 111 Å². The number of aryl methyl sites for hydroxylation is 1. The summed E-state index contributed by atoms with van der Waals surface area (Å²) < 4.78 is 5.49. The molecule has 0 radical (unpaired) electrons. The van der Waals surface area contributed by atoms with E-state index in [0.29, 0.717) is 12.4 Å². The van der Waals surface area contributed by atoms with E-state index in [1.54, 1.807) is 6.07 Å². The van der Waals surface area contributed by atoms with Crippen LogP contribution in [0, 0.1) is 0 Å². The smallest absolute Gasteiger partial charge is 0.122 e. The zero-order valence-corrected chi connectivity index (χ0v) is 11.7. The molecule has 0 amide bonds. The zero-order chi connectivity index (χ0) is 13.2. The molecule has 1 aromatic carbocycles. The lowest BCUT2D eigenvalue weighted by atomic mass is 10.0. The number of ether oxygens (including phenoxy) is 1. The number of unbranched alkanes of at least 4 members (excludes halogenated alkanes) is 4. The van der Waals surface area contributed by atoms with Crippen LogP contribution in [0.4, 0.5) is 0 Å². The van der Waals surface area contributed by atoms with Crippen LogP contribution in [-0.4, -0.2) is 11.7 Å². The largest absolute Gasteiger partial charge is 0.508 e. The molecule has 1 N–H and O–H groups in total. The molecule has 1 rings (SSSR count). The minimum absolute atomic E-state index is 0.374. The zero-order valence-electron chi connectivity index (χ0n) is 11.7. The van der Waals surface area contributed by atoms with E-state index in [-0.39, 0.29) is 0 Å². The first-order valence-electron chi connectivity index (χ1n) is 7.22. The van der Waals surface area contributed by atoms with Crippen LogP contribution in [0.2, 0.25) is 0 Å². The van der Waals surface area contributed by atoms with Crippen molar-refractivity contribution in [2.24, 2.45) is 0 Å². The molecular formula is C16H26O2. The minimum atomic E-state index is 0.374. The summed E-state index contributed by atoms with van der Waals surface area (Å²) in [5, 5.41) is 9.91. The van der Waals surface area contributed by atoms with Crippen molar-refractivity contribution in [1.82, 2.24) is 0 Å². The van der Waals surface area contributed by atoms with E-state index >= 15 is 0 Å². The summed E-state index contributed by atoms with van der Waals surface area (Å²) in [4.78, 5) is 0. The van der Waals surface area contributed by atoms with Gasteiger partial charge in [0.2, 0.25) is 0 Å². The van der Waals surface area contributed by atoms with Crippen LogP contribution in [0.1, 0.15) is 57.9 Å². The third-order valence-electron chi connectivity index (χ3n) is 3.08.